The van der Waals surface area contributed by atoms with Crippen LogP contribution in [0.2, 0.25) is 5.02 Å². The van der Waals surface area contributed by atoms with Crippen LogP contribution in [0.4, 0.5) is 10.1 Å². The molecule has 9 heteroatoms. The number of amides is 2. The number of halogens is 2. The molecule has 0 bridgehead atoms. The van der Waals surface area contributed by atoms with Gasteiger partial charge in [-0.2, -0.15) is 0 Å². The lowest BCUT2D eigenvalue weighted by atomic mass is 10.1. The molecule has 27 heavy (non-hydrogen) atoms. The number of carbonyl (C=O) groups is 3. The summed E-state index contributed by atoms with van der Waals surface area (Å²) in [6, 6.07) is 6.96. The number of furan rings is 1. The molecule has 142 valence electrons. The molecule has 1 atom stereocenters. The highest BCUT2D eigenvalue weighted by molar-refractivity contribution is 6.33. The third kappa shape index (κ3) is 4.85. The zero-order valence-electron chi connectivity index (χ0n) is 14.1. The van der Waals surface area contributed by atoms with E-state index in [0.29, 0.717) is 5.76 Å². The van der Waals surface area contributed by atoms with Gasteiger partial charge in [-0.1, -0.05) is 11.6 Å². The van der Waals surface area contributed by atoms with Crippen LogP contribution >= 0.6 is 11.6 Å². The zero-order valence-corrected chi connectivity index (χ0v) is 14.9. The first-order valence-corrected chi connectivity index (χ1v) is 8.52. The van der Waals surface area contributed by atoms with Crippen LogP contribution in [0.25, 0.3) is 0 Å². The lowest BCUT2D eigenvalue weighted by molar-refractivity contribution is -0.151. The van der Waals surface area contributed by atoms with E-state index in [9.17, 15) is 18.8 Å². The van der Waals surface area contributed by atoms with E-state index in [1.165, 1.54) is 17.2 Å². The molecular formula is C18H16ClFN2O5. The molecule has 1 aromatic heterocycles. The van der Waals surface area contributed by atoms with Gasteiger partial charge in [-0.25, -0.2) is 4.39 Å². The van der Waals surface area contributed by atoms with E-state index in [-0.39, 0.29) is 36.1 Å². The average Bonchev–Trinajstić information content (AvgIpc) is 3.26. The normalized spacial score (nSPS) is 16.4. The predicted molar refractivity (Wildman–Crippen MR) is 93.2 cm³/mol. The van der Waals surface area contributed by atoms with Gasteiger partial charge in [0.25, 0.3) is 5.91 Å². The van der Waals surface area contributed by atoms with E-state index in [1.54, 1.807) is 12.1 Å². The van der Waals surface area contributed by atoms with Gasteiger partial charge in [-0.3, -0.25) is 14.4 Å². The first-order valence-electron chi connectivity index (χ1n) is 8.14. The molecule has 0 aliphatic carbocycles. The van der Waals surface area contributed by atoms with Crippen LogP contribution in [-0.2, 0) is 25.7 Å². The van der Waals surface area contributed by atoms with Crippen molar-refractivity contribution in [1.82, 2.24) is 4.90 Å². The summed E-state index contributed by atoms with van der Waals surface area (Å²) < 4.78 is 23.2. The molecule has 2 aromatic rings. The van der Waals surface area contributed by atoms with Gasteiger partial charge in [-0.15, -0.1) is 0 Å². The molecule has 1 fully saturated rings. The number of benzene rings is 1. The Kier molecular flexibility index (Phi) is 5.75. The second kappa shape index (κ2) is 8.22. The summed E-state index contributed by atoms with van der Waals surface area (Å²) in [4.78, 5) is 37.5. The average molecular weight is 395 g/mol. The first kappa shape index (κ1) is 18.9. The van der Waals surface area contributed by atoms with Gasteiger partial charge < -0.3 is 19.4 Å². The Balaban J connectivity index is 1.47. The second-order valence-electron chi connectivity index (χ2n) is 6.03. The molecule has 0 spiro atoms. The number of likely N-dealkylation sites (tertiary alicyclic amines) is 1. The fourth-order valence-corrected chi connectivity index (χ4v) is 2.92. The number of anilines is 1. The van der Waals surface area contributed by atoms with E-state index in [4.69, 9.17) is 20.8 Å². The molecule has 0 saturated carbocycles. The molecule has 3 rings (SSSR count). The maximum Gasteiger partial charge on any atom is 0.311 e. The van der Waals surface area contributed by atoms with Gasteiger partial charge in [0, 0.05) is 13.0 Å². The molecule has 1 aliphatic heterocycles. The number of hydrogen-bond acceptors (Lipinski definition) is 5. The number of carbonyl (C=O) groups excluding carboxylic acids is 3. The number of nitrogens with one attached hydrogen (secondary N) is 1. The van der Waals surface area contributed by atoms with Crippen molar-refractivity contribution in [3.05, 3.63) is 53.2 Å². The highest BCUT2D eigenvalue weighted by Gasteiger charge is 2.35. The Bertz CT molecular complexity index is 855. The molecule has 7 nitrogen and oxygen atoms in total. The van der Waals surface area contributed by atoms with Crippen molar-refractivity contribution in [3.63, 3.8) is 0 Å². The van der Waals surface area contributed by atoms with Crippen LogP contribution in [0, 0.1) is 11.7 Å². The summed E-state index contributed by atoms with van der Waals surface area (Å²) in [7, 11) is 0. The topological polar surface area (TPSA) is 88.9 Å². The monoisotopic (exact) mass is 394 g/mol. The van der Waals surface area contributed by atoms with Crippen molar-refractivity contribution in [3.8, 4) is 0 Å². The molecular weight excluding hydrogens is 379 g/mol. The van der Waals surface area contributed by atoms with Crippen LogP contribution in [0.1, 0.15) is 12.2 Å². The van der Waals surface area contributed by atoms with Gasteiger partial charge in [-0.05, 0) is 30.3 Å². The Labute approximate surface area is 159 Å². The minimum atomic E-state index is -0.644. The summed E-state index contributed by atoms with van der Waals surface area (Å²) in [6.45, 7) is -0.0572. The minimum Gasteiger partial charge on any atom is -0.467 e. The number of nitrogens with zero attached hydrogens (tertiary/aromatic N) is 1. The van der Waals surface area contributed by atoms with Crippen LogP contribution in [0.3, 0.4) is 0 Å². The van der Waals surface area contributed by atoms with Crippen molar-refractivity contribution < 1.29 is 27.9 Å². The Morgan fingerprint density at radius 2 is 2.19 bits per heavy atom. The molecule has 2 amide bonds. The summed E-state index contributed by atoms with van der Waals surface area (Å²) >= 11 is 5.82. The van der Waals surface area contributed by atoms with E-state index >= 15 is 0 Å². The van der Waals surface area contributed by atoms with Crippen molar-refractivity contribution in [1.29, 1.82) is 0 Å². The maximum atomic E-state index is 13.0. The SMILES string of the molecule is O=C(COC(=O)[C@@H]1CC(=O)N(Cc2ccco2)C1)Nc1ccc(F)cc1Cl. The van der Waals surface area contributed by atoms with E-state index in [0.717, 1.165) is 12.1 Å². The summed E-state index contributed by atoms with van der Waals surface area (Å²) in [6.07, 6.45) is 1.53. The molecule has 1 aromatic carbocycles. The molecule has 0 unspecified atom stereocenters. The van der Waals surface area contributed by atoms with Gasteiger partial charge in [0.2, 0.25) is 5.91 Å². The summed E-state index contributed by atoms with van der Waals surface area (Å²) in [5.74, 6) is -1.99. The largest absolute Gasteiger partial charge is 0.467 e. The van der Waals surface area contributed by atoms with Gasteiger partial charge in [0.15, 0.2) is 6.61 Å². The van der Waals surface area contributed by atoms with Crippen molar-refractivity contribution in [2.75, 3.05) is 18.5 Å². The lowest BCUT2D eigenvalue weighted by Gasteiger charge is -2.14. The summed E-state index contributed by atoms with van der Waals surface area (Å²) in [5.41, 5.74) is 0.208. The molecule has 0 radical (unpaired) electrons. The number of ether oxygens (including phenoxy) is 1. The number of esters is 1. The predicted octanol–water partition coefficient (Wildman–Crippen LogP) is 2.60. The van der Waals surface area contributed by atoms with E-state index < -0.39 is 30.2 Å². The Morgan fingerprint density at radius 3 is 2.89 bits per heavy atom. The zero-order chi connectivity index (χ0) is 19.4. The number of rotatable bonds is 6. The minimum absolute atomic E-state index is 0.0188. The van der Waals surface area contributed by atoms with Crippen molar-refractivity contribution >= 4 is 35.1 Å². The lowest BCUT2D eigenvalue weighted by Crippen LogP contribution is -2.28. The van der Waals surface area contributed by atoms with Gasteiger partial charge in [0.1, 0.15) is 11.6 Å². The van der Waals surface area contributed by atoms with E-state index in [2.05, 4.69) is 5.32 Å². The molecule has 1 N–H and O–H groups in total. The third-order valence-corrected chi connectivity index (χ3v) is 4.34. The highest BCUT2D eigenvalue weighted by Crippen LogP contribution is 2.23. The van der Waals surface area contributed by atoms with Crippen LogP contribution in [0.15, 0.2) is 41.0 Å². The second-order valence-corrected chi connectivity index (χ2v) is 6.44. The standard InChI is InChI=1S/C18H16ClFN2O5/c19-14-7-12(20)3-4-15(14)21-16(23)10-27-18(25)11-6-17(24)22(8-11)9-13-2-1-5-26-13/h1-5,7,11H,6,8-10H2,(H,21,23)/t11-/m1/s1. The highest BCUT2D eigenvalue weighted by atomic mass is 35.5. The maximum absolute atomic E-state index is 13.0. The third-order valence-electron chi connectivity index (χ3n) is 4.03. The van der Waals surface area contributed by atoms with Crippen LogP contribution in [-0.4, -0.2) is 35.8 Å². The van der Waals surface area contributed by atoms with Crippen molar-refractivity contribution in [2.45, 2.75) is 13.0 Å². The molecule has 1 aliphatic rings. The van der Waals surface area contributed by atoms with Crippen molar-refractivity contribution in [2.24, 2.45) is 5.92 Å². The van der Waals surface area contributed by atoms with E-state index in [1.807, 2.05) is 0 Å². The summed E-state index contributed by atoms with van der Waals surface area (Å²) in [5, 5.41) is 2.46. The fourth-order valence-electron chi connectivity index (χ4n) is 2.71. The molecule has 1 saturated heterocycles. The first-order chi connectivity index (χ1) is 12.9. The number of hydrogen-bond donors (Lipinski definition) is 1. The Morgan fingerprint density at radius 1 is 1.37 bits per heavy atom. The smallest absolute Gasteiger partial charge is 0.311 e. The molecule has 2 heterocycles. The van der Waals surface area contributed by atoms with Gasteiger partial charge >= 0.3 is 5.97 Å². The van der Waals surface area contributed by atoms with Crippen LogP contribution < -0.4 is 5.32 Å². The quantitative estimate of drug-likeness (QED) is 0.761. The van der Waals surface area contributed by atoms with Crippen LogP contribution in [0.5, 0.6) is 0 Å². The Hall–Kier alpha value is -2.87. The van der Waals surface area contributed by atoms with Gasteiger partial charge in [0.05, 0.1) is 29.4 Å². The fraction of sp³-hybridized carbons (Fsp3) is 0.278.